The van der Waals surface area contributed by atoms with E-state index in [1.807, 2.05) is 66.7 Å². The molecule has 3 aromatic carbocycles. The van der Waals surface area contributed by atoms with Gasteiger partial charge in [-0.3, -0.25) is 38.6 Å². The smallest absolute Gasteiger partial charge is 0.246 e. The van der Waals surface area contributed by atoms with Gasteiger partial charge < -0.3 is 78.0 Å². The summed E-state index contributed by atoms with van der Waals surface area (Å²) in [4.78, 5) is 106. The highest BCUT2D eigenvalue weighted by molar-refractivity contribution is 5.96. The summed E-state index contributed by atoms with van der Waals surface area (Å²) in [6.07, 6.45) is 6.27. The molecular weight excluding hydrogens is 983 g/mol. The van der Waals surface area contributed by atoms with E-state index in [0.717, 1.165) is 32.8 Å². The fourth-order valence-electron chi connectivity index (χ4n) is 7.95. The van der Waals surface area contributed by atoms with Gasteiger partial charge in [0.05, 0.1) is 32.8 Å². The van der Waals surface area contributed by atoms with Gasteiger partial charge >= 0.3 is 0 Å². The first-order valence-electron chi connectivity index (χ1n) is 25.1. The quantitative estimate of drug-likeness (QED) is 0.0139. The first-order chi connectivity index (χ1) is 36.7. The number of amides is 7. The van der Waals surface area contributed by atoms with Crippen LogP contribution in [0.4, 0.5) is 0 Å². The van der Waals surface area contributed by atoms with Crippen molar-refractivity contribution in [1.29, 1.82) is 0 Å². The Morgan fingerprint density at radius 2 is 1.24 bits per heavy atom. The summed E-state index contributed by atoms with van der Waals surface area (Å²) >= 11 is 0. The van der Waals surface area contributed by atoms with Crippen molar-refractivity contribution in [2.24, 2.45) is 22.2 Å². The normalized spacial score (nSPS) is 12.7. The molecule has 5 aromatic rings. The maximum Gasteiger partial charge on any atom is 0.246 e. The van der Waals surface area contributed by atoms with Crippen LogP contribution in [0.3, 0.4) is 0 Å². The molecule has 4 atom stereocenters. The number of aromatic amines is 2. The molecule has 76 heavy (non-hydrogen) atoms. The standard InChI is InChI=1S/C52H71N13O11/c1-34(66)62-45(28-39-30-56-33-61-39)51(72)64-43(26-35-14-15-36-9-2-3-10-37(36)25-35)50(71)63-42(13-6-16-59-52(54)55)49(70)65-44(27-38-29-60-41-12-5-4-11-40(38)41)48(69)58-18-8-20-74-22-24-75-23-21-73-19-7-17-57-47(68)32-76-31-46(53)67/h2-5,9-12,14-15,25,29-30,33,42-45,60H,6-8,13,16-24,26-28,31-32H2,1H3,(H2,53,67)(H,56,61)(H,57,68)(H,58,69)(H,62,66)(H,63,71)(H,64,72)(H,65,70)(H4,54,55,59)/t42-,43+,44-,45-/m0/s1. The molecule has 2 heterocycles. The molecular formula is C52H71N13O11. The zero-order valence-electron chi connectivity index (χ0n) is 42.7. The van der Waals surface area contributed by atoms with Crippen molar-refractivity contribution in [1.82, 2.24) is 46.9 Å². The van der Waals surface area contributed by atoms with Gasteiger partial charge in [0, 0.05) is 88.0 Å². The van der Waals surface area contributed by atoms with Crippen LogP contribution < -0.4 is 49.1 Å². The first-order valence-corrected chi connectivity index (χ1v) is 25.1. The molecule has 7 amide bonds. The minimum Gasteiger partial charge on any atom is -0.379 e. The lowest BCUT2D eigenvalue weighted by Crippen LogP contribution is -2.59. The van der Waals surface area contributed by atoms with Gasteiger partial charge in [-0.25, -0.2) is 4.98 Å². The van der Waals surface area contributed by atoms with Crippen LogP contribution in [-0.4, -0.2) is 159 Å². The summed E-state index contributed by atoms with van der Waals surface area (Å²) in [5, 5.41) is 19.6. The Labute approximate surface area is 440 Å². The van der Waals surface area contributed by atoms with Crippen LogP contribution >= 0.6 is 0 Å². The number of ether oxygens (including phenoxy) is 4. The maximum atomic E-state index is 14.6. The van der Waals surface area contributed by atoms with Crippen LogP contribution in [0.5, 0.6) is 0 Å². The number of fused-ring (bicyclic) bond motifs is 2. The molecule has 0 unspecified atom stereocenters. The van der Waals surface area contributed by atoms with Gasteiger partial charge in [0.25, 0.3) is 0 Å². The fourth-order valence-corrected chi connectivity index (χ4v) is 7.95. The number of aliphatic imine (C=N–C) groups is 1. The molecule has 410 valence electrons. The molecule has 0 spiro atoms. The number of nitrogens with two attached hydrogens (primary N) is 3. The fraction of sp³-hybridized carbons (Fsp3) is 0.442. The average molecular weight is 1050 g/mol. The second-order valence-electron chi connectivity index (χ2n) is 17.8. The van der Waals surface area contributed by atoms with Gasteiger partial charge in [0.15, 0.2) is 5.96 Å². The van der Waals surface area contributed by atoms with E-state index in [0.29, 0.717) is 64.7 Å². The number of carbonyl (C=O) groups is 7. The van der Waals surface area contributed by atoms with E-state index >= 15 is 0 Å². The number of para-hydroxylation sites is 1. The first kappa shape index (κ1) is 59.0. The number of nitrogens with zero attached hydrogens (tertiary/aromatic N) is 2. The van der Waals surface area contributed by atoms with Crippen LogP contribution in [-0.2, 0) is 71.8 Å². The third-order valence-corrected chi connectivity index (χ3v) is 11.6. The van der Waals surface area contributed by atoms with Crippen molar-refractivity contribution in [3.63, 3.8) is 0 Å². The van der Waals surface area contributed by atoms with Crippen molar-refractivity contribution in [2.45, 2.75) is 76.0 Å². The number of benzene rings is 3. The summed E-state index contributed by atoms with van der Waals surface area (Å²) in [5.41, 5.74) is 19.1. The molecule has 0 fully saturated rings. The highest BCUT2D eigenvalue weighted by Gasteiger charge is 2.32. The van der Waals surface area contributed by atoms with Crippen molar-refractivity contribution in [3.05, 3.63) is 102 Å². The lowest BCUT2D eigenvalue weighted by atomic mass is 9.99. The molecule has 5 rings (SSSR count). The highest BCUT2D eigenvalue weighted by Crippen LogP contribution is 2.20. The zero-order valence-corrected chi connectivity index (χ0v) is 42.7. The number of guanidine groups is 1. The van der Waals surface area contributed by atoms with Crippen LogP contribution in [0.15, 0.2) is 90.4 Å². The van der Waals surface area contributed by atoms with E-state index in [4.69, 9.17) is 36.1 Å². The van der Waals surface area contributed by atoms with Crippen molar-refractivity contribution in [2.75, 3.05) is 72.5 Å². The summed E-state index contributed by atoms with van der Waals surface area (Å²) in [6.45, 7) is 3.50. The third kappa shape index (κ3) is 21.5. The molecule has 24 nitrogen and oxygen atoms in total. The lowest BCUT2D eigenvalue weighted by molar-refractivity contribution is -0.134. The van der Waals surface area contributed by atoms with E-state index in [-0.39, 0.29) is 70.3 Å². The number of H-pyrrole nitrogens is 2. The van der Waals surface area contributed by atoms with Crippen LogP contribution in [0.2, 0.25) is 0 Å². The average Bonchev–Trinajstić information content (AvgIpc) is 4.07. The Hall–Kier alpha value is -7.93. The molecule has 0 aliphatic heterocycles. The Balaban J connectivity index is 1.20. The zero-order chi connectivity index (χ0) is 54.5. The SMILES string of the molecule is CC(=O)N[C@@H](Cc1cnc[nH]1)C(=O)N[C@H](Cc1ccc2ccccc2c1)C(=O)N[C@@H](CCCN=C(N)N)C(=O)N[C@@H](Cc1c[nH]c2ccccc12)C(=O)NCCCOCCOCCOCCCNC(=O)COCC(N)=O. The summed E-state index contributed by atoms with van der Waals surface area (Å²) < 4.78 is 21.6. The molecule has 0 radical (unpaired) electrons. The second kappa shape index (κ2) is 32.4. The molecule has 24 heteroatoms. The van der Waals surface area contributed by atoms with Gasteiger partial charge in [0.2, 0.25) is 41.4 Å². The van der Waals surface area contributed by atoms with E-state index in [1.54, 1.807) is 6.20 Å². The molecule has 0 aliphatic rings. The maximum absolute atomic E-state index is 14.6. The summed E-state index contributed by atoms with van der Waals surface area (Å²) in [7, 11) is 0. The van der Waals surface area contributed by atoms with Crippen molar-refractivity contribution in [3.8, 4) is 0 Å². The Kier molecular flexibility index (Phi) is 25.1. The minimum atomic E-state index is -1.23. The van der Waals surface area contributed by atoms with E-state index in [2.05, 4.69) is 51.8 Å². The summed E-state index contributed by atoms with van der Waals surface area (Å²) in [6, 6.07) is 16.3. The topological polar surface area (TPSA) is 363 Å². The van der Waals surface area contributed by atoms with Crippen molar-refractivity contribution >= 4 is 69.0 Å². The van der Waals surface area contributed by atoms with Gasteiger partial charge in [-0.15, -0.1) is 0 Å². The predicted molar refractivity (Wildman–Crippen MR) is 283 cm³/mol. The van der Waals surface area contributed by atoms with E-state index < -0.39 is 59.6 Å². The highest BCUT2D eigenvalue weighted by atomic mass is 16.5. The Morgan fingerprint density at radius 1 is 0.618 bits per heavy atom. The molecule has 2 aromatic heterocycles. The number of imidazole rings is 1. The predicted octanol–water partition coefficient (Wildman–Crippen LogP) is -0.351. The molecule has 0 saturated heterocycles. The third-order valence-electron chi connectivity index (χ3n) is 11.6. The number of carbonyl (C=O) groups excluding carboxylic acids is 7. The monoisotopic (exact) mass is 1050 g/mol. The van der Waals surface area contributed by atoms with E-state index in [1.165, 1.54) is 19.4 Å². The van der Waals surface area contributed by atoms with Crippen molar-refractivity contribution < 1.29 is 52.5 Å². The van der Waals surface area contributed by atoms with E-state index in [9.17, 15) is 33.6 Å². The minimum absolute atomic E-state index is 0.0186. The number of hydrogen-bond donors (Lipinski definition) is 11. The van der Waals surface area contributed by atoms with Gasteiger partial charge in [-0.1, -0.05) is 60.7 Å². The van der Waals surface area contributed by atoms with Crippen LogP contribution in [0.25, 0.3) is 21.7 Å². The van der Waals surface area contributed by atoms with Crippen LogP contribution in [0.1, 0.15) is 49.4 Å². The second-order valence-corrected chi connectivity index (χ2v) is 17.8. The molecule has 14 N–H and O–H groups in total. The van der Waals surface area contributed by atoms with Crippen LogP contribution in [0, 0.1) is 0 Å². The molecule has 0 bridgehead atoms. The number of primary amides is 1. The van der Waals surface area contributed by atoms with Gasteiger partial charge in [0.1, 0.15) is 37.4 Å². The number of rotatable bonds is 36. The van der Waals surface area contributed by atoms with Gasteiger partial charge in [-0.2, -0.15) is 0 Å². The number of aromatic nitrogens is 3. The largest absolute Gasteiger partial charge is 0.379 e. The number of hydrogen-bond acceptors (Lipinski definition) is 13. The lowest BCUT2D eigenvalue weighted by Gasteiger charge is -2.27. The van der Waals surface area contributed by atoms with Gasteiger partial charge in [-0.05, 0) is 53.6 Å². The Bertz CT molecular complexity index is 2680. The Morgan fingerprint density at radius 3 is 1.91 bits per heavy atom. The number of nitrogens with one attached hydrogen (secondary N) is 8. The summed E-state index contributed by atoms with van der Waals surface area (Å²) in [5.74, 6) is -4.07. The molecule has 0 aliphatic carbocycles. The molecule has 0 saturated carbocycles.